The third-order valence-corrected chi connectivity index (χ3v) is 4.23. The van der Waals surface area contributed by atoms with Crippen molar-refractivity contribution >= 4 is 17.4 Å². The second-order valence-corrected chi connectivity index (χ2v) is 6.05. The number of hydrogen-bond acceptors (Lipinski definition) is 4. The van der Waals surface area contributed by atoms with Gasteiger partial charge in [0.15, 0.2) is 0 Å². The number of aryl methyl sites for hydroxylation is 1. The molecule has 0 radical (unpaired) electrons. The van der Waals surface area contributed by atoms with Crippen LogP contribution >= 0.6 is 11.8 Å². The van der Waals surface area contributed by atoms with Gasteiger partial charge in [-0.05, 0) is 36.6 Å². The lowest BCUT2D eigenvalue weighted by molar-refractivity contribution is -0.384. The molecule has 0 amide bonds. The van der Waals surface area contributed by atoms with Crippen molar-refractivity contribution in [2.75, 3.05) is 5.75 Å². The Labute approximate surface area is 128 Å². The molecule has 0 aliphatic carbocycles. The zero-order valence-corrected chi connectivity index (χ0v) is 12.7. The van der Waals surface area contributed by atoms with Crippen molar-refractivity contribution in [2.24, 2.45) is 5.73 Å². The summed E-state index contributed by atoms with van der Waals surface area (Å²) in [6, 6.07) is 15.1. The van der Waals surface area contributed by atoms with Crippen LogP contribution in [0.2, 0.25) is 0 Å². The van der Waals surface area contributed by atoms with Crippen molar-refractivity contribution in [3.05, 3.63) is 69.8 Å². The lowest BCUT2D eigenvalue weighted by atomic mass is 10.1. The number of nitrogens with two attached hydrogens (primary N) is 1. The van der Waals surface area contributed by atoms with E-state index in [0.29, 0.717) is 0 Å². The van der Waals surface area contributed by atoms with Gasteiger partial charge in [0, 0.05) is 28.8 Å². The van der Waals surface area contributed by atoms with Crippen molar-refractivity contribution in [2.45, 2.75) is 24.3 Å². The quantitative estimate of drug-likeness (QED) is 0.498. The molecular weight excluding hydrogens is 284 g/mol. The smallest absolute Gasteiger partial charge is 0.269 e. The Balaban J connectivity index is 1.85. The van der Waals surface area contributed by atoms with Crippen molar-refractivity contribution in [1.29, 1.82) is 0 Å². The lowest BCUT2D eigenvalue weighted by Crippen LogP contribution is -2.04. The molecule has 21 heavy (non-hydrogen) atoms. The summed E-state index contributed by atoms with van der Waals surface area (Å²) in [5, 5.41) is 10.6. The maximum atomic E-state index is 10.6. The summed E-state index contributed by atoms with van der Waals surface area (Å²) in [4.78, 5) is 11.4. The van der Waals surface area contributed by atoms with Gasteiger partial charge >= 0.3 is 0 Å². The Morgan fingerprint density at radius 1 is 1.14 bits per heavy atom. The van der Waals surface area contributed by atoms with Crippen molar-refractivity contribution in [1.82, 2.24) is 0 Å². The molecule has 0 saturated carbocycles. The Morgan fingerprint density at radius 3 is 2.29 bits per heavy atom. The van der Waals surface area contributed by atoms with Crippen LogP contribution in [0.1, 0.15) is 24.1 Å². The van der Waals surface area contributed by atoms with Crippen LogP contribution in [0.5, 0.6) is 0 Å². The number of nitro groups is 1. The van der Waals surface area contributed by atoms with E-state index in [4.69, 9.17) is 5.73 Å². The van der Waals surface area contributed by atoms with Gasteiger partial charge in [-0.1, -0.05) is 24.3 Å². The SMILES string of the molecule is CC(N)c1ccc(SCCc2ccc([N+](=O)[O-])cc2)cc1. The van der Waals surface area contributed by atoms with E-state index >= 15 is 0 Å². The van der Waals surface area contributed by atoms with Crippen LogP contribution in [0.25, 0.3) is 0 Å². The minimum absolute atomic E-state index is 0.0594. The Morgan fingerprint density at radius 2 is 1.76 bits per heavy atom. The summed E-state index contributed by atoms with van der Waals surface area (Å²) < 4.78 is 0. The first kappa shape index (κ1) is 15.5. The topological polar surface area (TPSA) is 69.2 Å². The maximum Gasteiger partial charge on any atom is 0.269 e. The fourth-order valence-corrected chi connectivity index (χ4v) is 2.84. The van der Waals surface area contributed by atoms with Crippen molar-refractivity contribution in [3.63, 3.8) is 0 Å². The fraction of sp³-hybridized carbons (Fsp3) is 0.250. The van der Waals surface area contributed by atoms with Gasteiger partial charge in [0.25, 0.3) is 5.69 Å². The third-order valence-electron chi connectivity index (χ3n) is 3.21. The Bertz CT molecular complexity index is 595. The minimum atomic E-state index is -0.376. The van der Waals surface area contributed by atoms with E-state index in [1.54, 1.807) is 23.9 Å². The van der Waals surface area contributed by atoms with E-state index in [-0.39, 0.29) is 16.7 Å². The highest BCUT2D eigenvalue weighted by Gasteiger charge is 2.04. The number of hydrogen-bond donors (Lipinski definition) is 1. The molecular formula is C16H18N2O2S. The van der Waals surface area contributed by atoms with E-state index in [9.17, 15) is 10.1 Å². The molecule has 0 aliphatic heterocycles. The highest BCUT2D eigenvalue weighted by atomic mass is 32.2. The van der Waals surface area contributed by atoms with Gasteiger partial charge in [-0.15, -0.1) is 11.8 Å². The van der Waals surface area contributed by atoms with Gasteiger partial charge in [0.05, 0.1) is 4.92 Å². The summed E-state index contributed by atoms with van der Waals surface area (Å²) in [6.07, 6.45) is 0.887. The highest BCUT2D eigenvalue weighted by molar-refractivity contribution is 7.99. The molecule has 2 aromatic carbocycles. The predicted molar refractivity (Wildman–Crippen MR) is 86.6 cm³/mol. The second kappa shape index (κ2) is 7.24. The summed E-state index contributed by atoms with van der Waals surface area (Å²) in [5.74, 6) is 0.940. The molecule has 0 aromatic heterocycles. The van der Waals surface area contributed by atoms with E-state index in [1.807, 2.05) is 19.1 Å². The van der Waals surface area contributed by atoms with Gasteiger partial charge in [-0.3, -0.25) is 10.1 Å². The van der Waals surface area contributed by atoms with Crippen LogP contribution in [0.15, 0.2) is 53.4 Å². The van der Waals surface area contributed by atoms with E-state index in [0.717, 1.165) is 23.3 Å². The van der Waals surface area contributed by atoms with Gasteiger partial charge in [0.1, 0.15) is 0 Å². The molecule has 0 spiro atoms. The fourth-order valence-electron chi connectivity index (χ4n) is 1.94. The van der Waals surface area contributed by atoms with Crippen molar-refractivity contribution < 1.29 is 4.92 Å². The Hall–Kier alpha value is -1.85. The minimum Gasteiger partial charge on any atom is -0.324 e. The molecule has 1 atom stereocenters. The van der Waals surface area contributed by atoms with E-state index in [1.165, 1.54) is 4.90 Å². The molecule has 0 saturated heterocycles. The molecule has 110 valence electrons. The summed E-state index contributed by atoms with van der Waals surface area (Å²) in [7, 11) is 0. The van der Waals surface area contributed by atoms with Crippen LogP contribution < -0.4 is 5.73 Å². The van der Waals surface area contributed by atoms with E-state index < -0.39 is 0 Å². The molecule has 0 heterocycles. The van der Waals surface area contributed by atoms with Crippen LogP contribution in [0, 0.1) is 10.1 Å². The molecule has 0 bridgehead atoms. The monoisotopic (exact) mass is 302 g/mol. The molecule has 2 rings (SSSR count). The van der Waals surface area contributed by atoms with Gasteiger partial charge in [-0.25, -0.2) is 0 Å². The molecule has 5 heteroatoms. The largest absolute Gasteiger partial charge is 0.324 e. The number of thioether (sulfide) groups is 1. The van der Waals surface area contributed by atoms with Crippen LogP contribution in [-0.4, -0.2) is 10.7 Å². The van der Waals surface area contributed by atoms with Crippen LogP contribution in [0.3, 0.4) is 0 Å². The molecule has 4 nitrogen and oxygen atoms in total. The summed E-state index contributed by atoms with van der Waals surface area (Å²) in [6.45, 7) is 1.97. The molecule has 2 N–H and O–H groups in total. The number of benzene rings is 2. The zero-order chi connectivity index (χ0) is 15.2. The number of nitro benzene ring substituents is 1. The van der Waals surface area contributed by atoms with Gasteiger partial charge in [-0.2, -0.15) is 0 Å². The number of rotatable bonds is 6. The first-order chi connectivity index (χ1) is 10.1. The first-order valence-electron chi connectivity index (χ1n) is 6.78. The zero-order valence-electron chi connectivity index (χ0n) is 11.9. The second-order valence-electron chi connectivity index (χ2n) is 4.88. The van der Waals surface area contributed by atoms with E-state index in [2.05, 4.69) is 24.3 Å². The van der Waals surface area contributed by atoms with Crippen LogP contribution in [0.4, 0.5) is 5.69 Å². The van der Waals surface area contributed by atoms with Gasteiger partial charge < -0.3 is 5.73 Å². The van der Waals surface area contributed by atoms with Crippen LogP contribution in [-0.2, 0) is 6.42 Å². The first-order valence-corrected chi connectivity index (χ1v) is 7.76. The average molecular weight is 302 g/mol. The van der Waals surface area contributed by atoms with Crippen molar-refractivity contribution in [3.8, 4) is 0 Å². The van der Waals surface area contributed by atoms with Gasteiger partial charge in [0.2, 0.25) is 0 Å². The molecule has 2 aromatic rings. The Kier molecular flexibility index (Phi) is 5.36. The summed E-state index contributed by atoms with van der Waals surface area (Å²) >= 11 is 1.77. The highest BCUT2D eigenvalue weighted by Crippen LogP contribution is 2.22. The normalized spacial score (nSPS) is 12.1. The molecule has 0 fully saturated rings. The third kappa shape index (κ3) is 4.58. The lowest BCUT2D eigenvalue weighted by Gasteiger charge is -2.07. The molecule has 0 aliphatic rings. The standard InChI is InChI=1S/C16H18N2O2S/c1-12(17)14-4-8-16(9-5-14)21-11-10-13-2-6-15(7-3-13)18(19)20/h2-9,12H,10-11,17H2,1H3. The predicted octanol–water partition coefficient (Wildman–Crippen LogP) is 3.95. The average Bonchev–Trinajstić information content (AvgIpc) is 2.48. The summed E-state index contributed by atoms with van der Waals surface area (Å²) in [5.41, 5.74) is 8.20. The number of non-ortho nitro benzene ring substituents is 1. The molecule has 1 unspecified atom stereocenters. The maximum absolute atomic E-state index is 10.6. The number of nitrogens with zero attached hydrogens (tertiary/aromatic N) is 1.